The van der Waals surface area contributed by atoms with Gasteiger partial charge in [-0.05, 0) is 33.6 Å². The highest BCUT2D eigenvalue weighted by Crippen LogP contribution is 2.22. The van der Waals surface area contributed by atoms with E-state index in [1.165, 1.54) is 0 Å². The van der Waals surface area contributed by atoms with Gasteiger partial charge >= 0.3 is 0 Å². The second-order valence-electron chi connectivity index (χ2n) is 1.95. The van der Waals surface area contributed by atoms with Crippen LogP contribution in [0, 0.1) is 0 Å². The van der Waals surface area contributed by atoms with Crippen LogP contribution in [0.1, 0.15) is 5.56 Å². The van der Waals surface area contributed by atoms with Gasteiger partial charge in [0.2, 0.25) is 0 Å². The zero-order chi connectivity index (χ0) is 7.56. The van der Waals surface area contributed by atoms with E-state index in [0.717, 1.165) is 15.1 Å². The third-order valence-corrected chi connectivity index (χ3v) is 2.43. The molecular formula is C7H7BrClN. The molecule has 54 valence electrons. The molecule has 10 heavy (non-hydrogen) atoms. The van der Waals surface area contributed by atoms with E-state index in [2.05, 4.69) is 15.9 Å². The fourth-order valence-corrected chi connectivity index (χ4v) is 1.21. The fourth-order valence-electron chi connectivity index (χ4n) is 0.667. The maximum Gasteiger partial charge on any atom is 0.0548 e. The third-order valence-electron chi connectivity index (χ3n) is 1.22. The Bertz CT molecular complexity index is 237. The van der Waals surface area contributed by atoms with Crippen molar-refractivity contribution < 1.29 is 0 Å². The van der Waals surface area contributed by atoms with Gasteiger partial charge in [-0.1, -0.05) is 17.7 Å². The summed E-state index contributed by atoms with van der Waals surface area (Å²) < 4.78 is 0.900. The van der Waals surface area contributed by atoms with E-state index in [9.17, 15) is 0 Å². The fraction of sp³-hybridized carbons (Fsp3) is 0.143. The van der Waals surface area contributed by atoms with Gasteiger partial charge in [-0.15, -0.1) is 0 Å². The Balaban J connectivity index is 3.04. The molecule has 0 radical (unpaired) electrons. The predicted molar refractivity (Wildman–Crippen MR) is 47.0 cm³/mol. The Kier molecular flexibility index (Phi) is 2.72. The monoisotopic (exact) mass is 219 g/mol. The number of halogens is 2. The highest BCUT2D eigenvalue weighted by atomic mass is 79.9. The molecule has 2 N–H and O–H groups in total. The quantitative estimate of drug-likeness (QED) is 0.773. The van der Waals surface area contributed by atoms with Crippen molar-refractivity contribution in [1.29, 1.82) is 0 Å². The van der Waals surface area contributed by atoms with Gasteiger partial charge in [0.1, 0.15) is 0 Å². The first-order valence-electron chi connectivity index (χ1n) is 2.88. The maximum absolute atomic E-state index is 5.75. The topological polar surface area (TPSA) is 26.0 Å². The van der Waals surface area contributed by atoms with Gasteiger partial charge in [0, 0.05) is 11.0 Å². The molecule has 0 aliphatic heterocycles. The Morgan fingerprint density at radius 1 is 1.50 bits per heavy atom. The molecule has 1 aromatic carbocycles. The molecule has 1 rings (SSSR count). The summed E-state index contributed by atoms with van der Waals surface area (Å²) in [6.45, 7) is 0.551. The second kappa shape index (κ2) is 3.37. The van der Waals surface area contributed by atoms with Crippen molar-refractivity contribution in [2.24, 2.45) is 5.73 Å². The Morgan fingerprint density at radius 2 is 2.20 bits per heavy atom. The molecule has 0 fully saturated rings. The van der Waals surface area contributed by atoms with Crippen LogP contribution in [-0.2, 0) is 6.54 Å². The average molecular weight is 220 g/mol. The normalized spacial score (nSPS) is 9.90. The van der Waals surface area contributed by atoms with E-state index in [1.54, 1.807) is 0 Å². The number of hydrogen-bond donors (Lipinski definition) is 1. The average Bonchev–Trinajstić information content (AvgIpc) is 1.95. The molecule has 0 saturated carbocycles. The Labute approximate surface area is 73.3 Å². The predicted octanol–water partition coefficient (Wildman–Crippen LogP) is 2.56. The first kappa shape index (κ1) is 8.05. The van der Waals surface area contributed by atoms with Gasteiger partial charge in [0.15, 0.2) is 0 Å². The molecule has 0 atom stereocenters. The lowest BCUT2D eigenvalue weighted by molar-refractivity contribution is 1.07. The molecule has 0 spiro atoms. The van der Waals surface area contributed by atoms with Crippen molar-refractivity contribution in [2.75, 3.05) is 0 Å². The largest absolute Gasteiger partial charge is 0.326 e. The Morgan fingerprint density at radius 3 is 2.70 bits per heavy atom. The van der Waals surface area contributed by atoms with Crippen LogP contribution in [-0.4, -0.2) is 0 Å². The van der Waals surface area contributed by atoms with E-state index in [-0.39, 0.29) is 0 Å². The molecule has 0 aromatic heterocycles. The van der Waals surface area contributed by atoms with Gasteiger partial charge in [0.25, 0.3) is 0 Å². The highest BCUT2D eigenvalue weighted by molar-refractivity contribution is 9.10. The van der Waals surface area contributed by atoms with Gasteiger partial charge in [0.05, 0.1) is 5.02 Å². The SMILES string of the molecule is NCc1ccc(Cl)c(Br)c1. The zero-order valence-corrected chi connectivity index (χ0v) is 7.61. The first-order chi connectivity index (χ1) is 4.74. The molecule has 1 nitrogen and oxygen atoms in total. The minimum atomic E-state index is 0.551. The van der Waals surface area contributed by atoms with Crippen molar-refractivity contribution in [3.63, 3.8) is 0 Å². The van der Waals surface area contributed by atoms with E-state index in [0.29, 0.717) is 6.54 Å². The van der Waals surface area contributed by atoms with Crippen molar-refractivity contribution >= 4 is 27.5 Å². The van der Waals surface area contributed by atoms with Gasteiger partial charge in [-0.3, -0.25) is 0 Å². The van der Waals surface area contributed by atoms with Crippen LogP contribution < -0.4 is 5.73 Å². The van der Waals surface area contributed by atoms with Crippen LogP contribution in [0.2, 0.25) is 5.02 Å². The van der Waals surface area contributed by atoms with Crippen LogP contribution >= 0.6 is 27.5 Å². The summed E-state index contributed by atoms with van der Waals surface area (Å²) >= 11 is 9.05. The maximum atomic E-state index is 5.75. The number of hydrogen-bond acceptors (Lipinski definition) is 1. The number of nitrogens with two attached hydrogens (primary N) is 1. The van der Waals surface area contributed by atoms with Crippen LogP contribution in [0.3, 0.4) is 0 Å². The molecule has 3 heteroatoms. The minimum absolute atomic E-state index is 0.551. The summed E-state index contributed by atoms with van der Waals surface area (Å²) in [6, 6.07) is 5.66. The van der Waals surface area contributed by atoms with Crippen LogP contribution in [0.5, 0.6) is 0 Å². The van der Waals surface area contributed by atoms with Crippen molar-refractivity contribution in [3.8, 4) is 0 Å². The van der Waals surface area contributed by atoms with E-state index < -0.39 is 0 Å². The molecule has 0 aliphatic carbocycles. The molecule has 0 unspecified atom stereocenters. The zero-order valence-electron chi connectivity index (χ0n) is 5.27. The molecule has 0 aliphatic rings. The molecule has 0 bridgehead atoms. The Hall–Kier alpha value is -0.0500. The van der Waals surface area contributed by atoms with Crippen molar-refractivity contribution in [2.45, 2.75) is 6.54 Å². The number of rotatable bonds is 1. The van der Waals surface area contributed by atoms with Gasteiger partial charge in [-0.2, -0.15) is 0 Å². The van der Waals surface area contributed by atoms with E-state index >= 15 is 0 Å². The van der Waals surface area contributed by atoms with E-state index in [4.69, 9.17) is 17.3 Å². The van der Waals surface area contributed by atoms with Crippen LogP contribution in [0.15, 0.2) is 22.7 Å². The van der Waals surface area contributed by atoms with Crippen molar-refractivity contribution in [1.82, 2.24) is 0 Å². The summed E-state index contributed by atoms with van der Waals surface area (Å²) in [5, 5.41) is 0.720. The summed E-state index contributed by atoms with van der Waals surface area (Å²) in [5.41, 5.74) is 6.48. The lowest BCUT2D eigenvalue weighted by Crippen LogP contribution is -1.95. The molecule has 0 amide bonds. The molecule has 0 heterocycles. The highest BCUT2D eigenvalue weighted by Gasteiger charge is 1.95. The molecular weight excluding hydrogens is 213 g/mol. The summed E-state index contributed by atoms with van der Waals surface area (Å²) in [4.78, 5) is 0. The second-order valence-corrected chi connectivity index (χ2v) is 3.21. The molecule has 0 saturated heterocycles. The third kappa shape index (κ3) is 1.72. The summed E-state index contributed by atoms with van der Waals surface area (Å²) in [6.07, 6.45) is 0. The minimum Gasteiger partial charge on any atom is -0.326 e. The summed E-state index contributed by atoms with van der Waals surface area (Å²) in [5.74, 6) is 0. The van der Waals surface area contributed by atoms with E-state index in [1.807, 2.05) is 18.2 Å². The van der Waals surface area contributed by atoms with Gasteiger partial charge < -0.3 is 5.73 Å². The van der Waals surface area contributed by atoms with Gasteiger partial charge in [-0.25, -0.2) is 0 Å². The first-order valence-corrected chi connectivity index (χ1v) is 4.05. The summed E-state index contributed by atoms with van der Waals surface area (Å²) in [7, 11) is 0. The lowest BCUT2D eigenvalue weighted by atomic mass is 10.2. The number of benzene rings is 1. The molecule has 1 aromatic rings. The lowest BCUT2D eigenvalue weighted by Gasteiger charge is -1.98. The van der Waals surface area contributed by atoms with Crippen LogP contribution in [0.4, 0.5) is 0 Å². The standard InChI is InChI=1S/C7H7BrClN/c8-6-3-5(4-10)1-2-7(6)9/h1-3H,4,10H2. The van der Waals surface area contributed by atoms with Crippen molar-refractivity contribution in [3.05, 3.63) is 33.3 Å². The smallest absolute Gasteiger partial charge is 0.0548 e. The van der Waals surface area contributed by atoms with Crippen LogP contribution in [0.25, 0.3) is 0 Å².